The minimum absolute atomic E-state index is 0.123. The van der Waals surface area contributed by atoms with E-state index in [1.54, 1.807) is 22.9 Å². The third-order valence-electron chi connectivity index (χ3n) is 2.56. The molecule has 1 aromatic carbocycles. The molecule has 0 aliphatic carbocycles. The highest BCUT2D eigenvalue weighted by Gasteiger charge is 2.13. The maximum absolute atomic E-state index is 11.6. The predicted octanol–water partition coefficient (Wildman–Crippen LogP) is 3.35. The number of hydrogen-bond acceptors (Lipinski definition) is 4. The summed E-state index contributed by atoms with van der Waals surface area (Å²) in [5.41, 5.74) is 1.74. The Morgan fingerprint density at radius 1 is 1.37 bits per heavy atom. The van der Waals surface area contributed by atoms with Gasteiger partial charge in [0.15, 0.2) is 5.69 Å². The van der Waals surface area contributed by atoms with E-state index in [-0.39, 0.29) is 5.69 Å². The molecule has 1 aromatic heterocycles. The van der Waals surface area contributed by atoms with Crippen LogP contribution in [0.4, 0.5) is 0 Å². The normalized spacial score (nSPS) is 10.3. The summed E-state index contributed by atoms with van der Waals surface area (Å²) in [4.78, 5) is 11.6. The van der Waals surface area contributed by atoms with Crippen molar-refractivity contribution < 1.29 is 9.53 Å². The summed E-state index contributed by atoms with van der Waals surface area (Å²) in [6.07, 6.45) is 0. The largest absolute Gasteiger partial charge is 0.464 e. The highest BCUT2D eigenvalue weighted by Crippen LogP contribution is 2.15. The fourth-order valence-corrected chi connectivity index (χ4v) is 2.05. The zero-order valence-corrected chi connectivity index (χ0v) is 12.0. The Morgan fingerprint density at radius 3 is 2.58 bits per heavy atom. The monoisotopic (exact) mass is 294 g/mol. The van der Waals surface area contributed by atoms with Crippen molar-refractivity contribution in [3.05, 3.63) is 51.3 Å². The van der Waals surface area contributed by atoms with Gasteiger partial charge in [0.1, 0.15) is 0 Å². The lowest BCUT2D eigenvalue weighted by Gasteiger charge is -2.11. The van der Waals surface area contributed by atoms with Crippen molar-refractivity contribution in [2.75, 3.05) is 7.11 Å². The molecule has 0 fully saturated rings. The van der Waals surface area contributed by atoms with Crippen LogP contribution in [-0.4, -0.2) is 22.9 Å². The summed E-state index contributed by atoms with van der Waals surface area (Å²) in [6, 6.07) is 8.84. The Bertz CT molecular complexity index is 680. The van der Waals surface area contributed by atoms with E-state index in [9.17, 15) is 4.79 Å². The molecule has 6 heteroatoms. The van der Waals surface area contributed by atoms with Gasteiger partial charge in [-0.2, -0.15) is 5.10 Å². The van der Waals surface area contributed by atoms with Gasteiger partial charge in [0, 0.05) is 10.7 Å². The number of ether oxygens (including phenoxy) is 1. The van der Waals surface area contributed by atoms with E-state index in [1.165, 1.54) is 7.11 Å². The SMILES string of the molecule is COC(=O)c1nn(-c2ccc(Cl)cc2)c(C)cc1=S. The maximum Gasteiger partial charge on any atom is 0.360 e. The third-order valence-corrected chi connectivity index (χ3v) is 3.12. The molecule has 0 aliphatic heterocycles. The number of methoxy groups -OCH3 is 1. The molecule has 4 nitrogen and oxygen atoms in total. The molecule has 2 aromatic rings. The van der Waals surface area contributed by atoms with Gasteiger partial charge < -0.3 is 4.74 Å². The number of nitrogens with zero attached hydrogens (tertiary/aromatic N) is 2. The molecule has 0 N–H and O–H groups in total. The van der Waals surface area contributed by atoms with Gasteiger partial charge in [-0.15, -0.1) is 0 Å². The van der Waals surface area contributed by atoms with Gasteiger partial charge >= 0.3 is 5.97 Å². The molecule has 0 aliphatic rings. The second kappa shape index (κ2) is 5.50. The third kappa shape index (κ3) is 2.83. The first kappa shape index (κ1) is 13.7. The molecule has 1 heterocycles. The Morgan fingerprint density at radius 2 is 2.00 bits per heavy atom. The number of halogens is 1. The van der Waals surface area contributed by atoms with E-state index in [0.717, 1.165) is 11.4 Å². The summed E-state index contributed by atoms with van der Waals surface area (Å²) in [7, 11) is 1.30. The summed E-state index contributed by atoms with van der Waals surface area (Å²) < 4.78 is 6.66. The van der Waals surface area contributed by atoms with Gasteiger partial charge in [0.05, 0.1) is 17.3 Å². The van der Waals surface area contributed by atoms with E-state index >= 15 is 0 Å². The zero-order valence-electron chi connectivity index (χ0n) is 10.4. The van der Waals surface area contributed by atoms with Crippen LogP contribution in [0.1, 0.15) is 16.2 Å². The highest BCUT2D eigenvalue weighted by molar-refractivity contribution is 7.71. The quantitative estimate of drug-likeness (QED) is 0.629. The molecule has 98 valence electrons. The number of esters is 1. The first-order valence-corrected chi connectivity index (χ1v) is 6.27. The molecular weight excluding hydrogens is 284 g/mol. The van der Waals surface area contributed by atoms with Crippen molar-refractivity contribution in [3.8, 4) is 5.69 Å². The molecule has 0 bridgehead atoms. The van der Waals surface area contributed by atoms with Crippen LogP contribution in [-0.2, 0) is 4.74 Å². The zero-order chi connectivity index (χ0) is 14.0. The summed E-state index contributed by atoms with van der Waals surface area (Å²) in [5, 5.41) is 4.87. The maximum atomic E-state index is 11.6. The summed E-state index contributed by atoms with van der Waals surface area (Å²) in [6.45, 7) is 1.86. The van der Waals surface area contributed by atoms with Crippen LogP contribution in [0.25, 0.3) is 5.69 Å². The van der Waals surface area contributed by atoms with Crippen LogP contribution >= 0.6 is 23.8 Å². The van der Waals surface area contributed by atoms with Crippen LogP contribution in [0.5, 0.6) is 0 Å². The first-order chi connectivity index (χ1) is 9.02. The lowest BCUT2D eigenvalue weighted by atomic mass is 10.3. The minimum atomic E-state index is -0.548. The molecule has 19 heavy (non-hydrogen) atoms. The van der Waals surface area contributed by atoms with Gasteiger partial charge in [-0.1, -0.05) is 23.8 Å². The summed E-state index contributed by atoms with van der Waals surface area (Å²) in [5.74, 6) is -0.548. The van der Waals surface area contributed by atoms with E-state index in [2.05, 4.69) is 9.84 Å². The number of carbonyl (C=O) groups excluding carboxylic acids is 1. The van der Waals surface area contributed by atoms with Crippen LogP contribution in [0.2, 0.25) is 5.02 Å². The molecule has 0 unspecified atom stereocenters. The van der Waals surface area contributed by atoms with Gasteiger partial charge in [-0.25, -0.2) is 9.48 Å². The topological polar surface area (TPSA) is 44.1 Å². The standard InChI is InChI=1S/C13H11ClN2O2S/c1-8-7-11(19)12(13(17)18-2)15-16(8)10-5-3-9(14)4-6-10/h3-7H,1-2H3. The average Bonchev–Trinajstić information content (AvgIpc) is 2.39. The number of rotatable bonds is 2. The molecular formula is C13H11ClN2O2S. The van der Waals surface area contributed by atoms with E-state index in [4.69, 9.17) is 23.8 Å². The van der Waals surface area contributed by atoms with Gasteiger partial charge in [0.25, 0.3) is 0 Å². The number of benzene rings is 1. The number of carbonyl (C=O) groups is 1. The van der Waals surface area contributed by atoms with Crippen molar-refractivity contribution in [3.63, 3.8) is 0 Å². The van der Waals surface area contributed by atoms with Gasteiger partial charge in [-0.05, 0) is 37.3 Å². The number of aromatic nitrogens is 2. The van der Waals surface area contributed by atoms with E-state index < -0.39 is 5.97 Å². The average molecular weight is 295 g/mol. The molecule has 0 radical (unpaired) electrons. The number of hydrogen-bond donors (Lipinski definition) is 0. The molecule has 0 saturated carbocycles. The van der Waals surface area contributed by atoms with Crippen molar-refractivity contribution in [2.45, 2.75) is 6.92 Å². The molecule has 0 spiro atoms. The van der Waals surface area contributed by atoms with E-state index in [0.29, 0.717) is 9.53 Å². The Balaban J connectivity index is 2.60. The fraction of sp³-hybridized carbons (Fsp3) is 0.154. The van der Waals surface area contributed by atoms with Gasteiger partial charge in [-0.3, -0.25) is 0 Å². The van der Waals surface area contributed by atoms with E-state index in [1.807, 2.05) is 19.1 Å². The van der Waals surface area contributed by atoms with Crippen molar-refractivity contribution in [1.82, 2.24) is 9.78 Å². The molecule has 0 atom stereocenters. The predicted molar refractivity (Wildman–Crippen MR) is 75.5 cm³/mol. The van der Waals surface area contributed by atoms with Crippen LogP contribution < -0.4 is 0 Å². The Hall–Kier alpha value is -1.72. The van der Waals surface area contributed by atoms with Crippen molar-refractivity contribution in [1.29, 1.82) is 0 Å². The Kier molecular flexibility index (Phi) is 3.97. The van der Waals surface area contributed by atoms with Crippen LogP contribution in [0.15, 0.2) is 30.3 Å². The Labute approximate surface area is 120 Å². The second-order valence-corrected chi connectivity index (χ2v) is 4.75. The van der Waals surface area contributed by atoms with Gasteiger partial charge in [0.2, 0.25) is 0 Å². The van der Waals surface area contributed by atoms with Crippen LogP contribution in [0.3, 0.4) is 0 Å². The molecule has 0 saturated heterocycles. The number of aryl methyl sites for hydroxylation is 1. The lowest BCUT2D eigenvalue weighted by molar-refractivity contribution is 0.0591. The molecule has 0 amide bonds. The minimum Gasteiger partial charge on any atom is -0.464 e. The molecule has 2 rings (SSSR count). The fourth-order valence-electron chi connectivity index (χ4n) is 1.63. The highest BCUT2D eigenvalue weighted by atomic mass is 35.5. The van der Waals surface area contributed by atoms with Crippen molar-refractivity contribution in [2.24, 2.45) is 0 Å². The smallest absolute Gasteiger partial charge is 0.360 e. The summed E-state index contributed by atoms with van der Waals surface area (Å²) >= 11 is 11.0. The van der Waals surface area contributed by atoms with Crippen molar-refractivity contribution >= 4 is 29.8 Å². The first-order valence-electron chi connectivity index (χ1n) is 5.48. The lowest BCUT2D eigenvalue weighted by Crippen LogP contribution is -2.13. The van der Waals surface area contributed by atoms with Crippen LogP contribution in [0, 0.1) is 11.4 Å². The second-order valence-electron chi connectivity index (χ2n) is 3.88.